The molecule has 0 saturated carbocycles. The molecular formula is C17H18N2OS. The van der Waals surface area contributed by atoms with E-state index in [0.29, 0.717) is 17.0 Å². The lowest BCUT2D eigenvalue weighted by Crippen LogP contribution is -2.29. The molecule has 0 bridgehead atoms. The molecule has 0 spiro atoms. The Morgan fingerprint density at radius 1 is 1.29 bits per heavy atom. The molecule has 0 fully saturated rings. The molecule has 1 atom stereocenters. The van der Waals surface area contributed by atoms with Crippen molar-refractivity contribution in [3.63, 3.8) is 0 Å². The van der Waals surface area contributed by atoms with Crippen LogP contribution in [-0.2, 0) is 0 Å². The maximum Gasteiger partial charge on any atom is 0.251 e. The maximum atomic E-state index is 12.3. The van der Waals surface area contributed by atoms with Crippen molar-refractivity contribution in [3.8, 4) is 6.07 Å². The summed E-state index contributed by atoms with van der Waals surface area (Å²) < 4.78 is 0. The van der Waals surface area contributed by atoms with Crippen molar-refractivity contribution in [2.75, 3.05) is 0 Å². The molecule has 4 heteroatoms. The van der Waals surface area contributed by atoms with Gasteiger partial charge in [-0.25, -0.2) is 0 Å². The predicted octanol–water partition coefficient (Wildman–Crippen LogP) is 4.14. The van der Waals surface area contributed by atoms with Gasteiger partial charge in [-0.15, -0.1) is 11.3 Å². The predicted molar refractivity (Wildman–Crippen MR) is 85.1 cm³/mol. The molecule has 0 radical (unpaired) electrons. The van der Waals surface area contributed by atoms with E-state index in [9.17, 15) is 4.79 Å². The van der Waals surface area contributed by atoms with Gasteiger partial charge in [0, 0.05) is 10.4 Å². The number of rotatable bonds is 5. The van der Waals surface area contributed by atoms with Crippen LogP contribution < -0.4 is 5.32 Å². The summed E-state index contributed by atoms with van der Waals surface area (Å²) in [6, 6.07) is 12.8. The van der Waals surface area contributed by atoms with Crippen LogP contribution in [0.1, 0.15) is 47.1 Å². The Balaban J connectivity index is 2.12. The lowest BCUT2D eigenvalue weighted by Gasteiger charge is -2.19. The molecule has 1 aromatic carbocycles. The number of benzene rings is 1. The lowest BCUT2D eigenvalue weighted by atomic mass is 10.0. The molecule has 2 aromatic rings. The van der Waals surface area contributed by atoms with Crippen molar-refractivity contribution in [2.24, 2.45) is 5.92 Å². The summed E-state index contributed by atoms with van der Waals surface area (Å²) in [5.41, 5.74) is 1.14. The Morgan fingerprint density at radius 3 is 2.52 bits per heavy atom. The molecule has 0 aliphatic carbocycles. The first-order valence-electron chi connectivity index (χ1n) is 6.94. The van der Waals surface area contributed by atoms with E-state index in [2.05, 4.69) is 31.3 Å². The Morgan fingerprint density at radius 2 is 2.00 bits per heavy atom. The number of thiophene rings is 1. The van der Waals surface area contributed by atoms with Crippen LogP contribution in [0, 0.1) is 17.2 Å². The molecule has 1 amide bonds. The first-order valence-corrected chi connectivity index (χ1v) is 7.82. The zero-order valence-corrected chi connectivity index (χ0v) is 13.0. The van der Waals surface area contributed by atoms with Gasteiger partial charge >= 0.3 is 0 Å². The summed E-state index contributed by atoms with van der Waals surface area (Å²) in [7, 11) is 0. The van der Waals surface area contributed by atoms with Gasteiger partial charge in [-0.05, 0) is 48.1 Å². The normalized spacial score (nSPS) is 11.9. The number of carbonyl (C=O) groups is 1. The van der Waals surface area contributed by atoms with Gasteiger partial charge in [0.25, 0.3) is 5.91 Å². The highest BCUT2D eigenvalue weighted by Gasteiger charge is 2.17. The first-order chi connectivity index (χ1) is 10.1. The third-order valence-electron chi connectivity index (χ3n) is 3.18. The standard InChI is InChI=1S/C17H18N2OS/c1-12(2)10-15(16-4-3-9-21-16)19-17(20)14-7-5-13(11-18)6-8-14/h3-9,12,15H,10H2,1-2H3,(H,19,20)/t15-/m0/s1. The van der Waals surface area contributed by atoms with E-state index in [0.717, 1.165) is 6.42 Å². The molecule has 0 aliphatic rings. The summed E-state index contributed by atoms with van der Waals surface area (Å²) in [4.78, 5) is 13.5. The summed E-state index contributed by atoms with van der Waals surface area (Å²) in [5.74, 6) is 0.400. The monoisotopic (exact) mass is 298 g/mol. The van der Waals surface area contributed by atoms with Crippen molar-refractivity contribution in [2.45, 2.75) is 26.3 Å². The second kappa shape index (κ2) is 7.05. The van der Waals surface area contributed by atoms with Crippen LogP contribution in [0.2, 0.25) is 0 Å². The van der Waals surface area contributed by atoms with Crippen molar-refractivity contribution < 1.29 is 4.79 Å². The largest absolute Gasteiger partial charge is 0.344 e. The topological polar surface area (TPSA) is 52.9 Å². The third-order valence-corrected chi connectivity index (χ3v) is 4.16. The Bertz CT molecular complexity index is 624. The van der Waals surface area contributed by atoms with Crippen LogP contribution in [0.15, 0.2) is 41.8 Å². The molecule has 2 rings (SSSR count). The molecule has 3 nitrogen and oxygen atoms in total. The highest BCUT2D eigenvalue weighted by atomic mass is 32.1. The fourth-order valence-electron chi connectivity index (χ4n) is 2.14. The highest BCUT2D eigenvalue weighted by molar-refractivity contribution is 7.10. The Hall–Kier alpha value is -2.12. The molecule has 0 aliphatic heterocycles. The SMILES string of the molecule is CC(C)C[C@H](NC(=O)c1ccc(C#N)cc1)c1cccs1. The quantitative estimate of drug-likeness (QED) is 0.902. The van der Waals surface area contributed by atoms with Crippen LogP contribution in [0.5, 0.6) is 0 Å². The average molecular weight is 298 g/mol. The number of hydrogen-bond donors (Lipinski definition) is 1. The van der Waals surface area contributed by atoms with Gasteiger partial charge in [0.05, 0.1) is 17.7 Å². The van der Waals surface area contributed by atoms with Crippen LogP contribution in [-0.4, -0.2) is 5.91 Å². The number of hydrogen-bond acceptors (Lipinski definition) is 3. The van der Waals surface area contributed by atoms with Gasteiger partial charge in [-0.2, -0.15) is 5.26 Å². The van der Waals surface area contributed by atoms with Crippen LogP contribution in [0.3, 0.4) is 0 Å². The van der Waals surface area contributed by atoms with Crippen LogP contribution >= 0.6 is 11.3 Å². The molecule has 0 saturated heterocycles. The number of nitrogens with zero attached hydrogens (tertiary/aromatic N) is 1. The zero-order valence-electron chi connectivity index (χ0n) is 12.2. The average Bonchev–Trinajstić information content (AvgIpc) is 3.00. The Kier molecular flexibility index (Phi) is 5.13. The number of carbonyl (C=O) groups excluding carboxylic acids is 1. The fraction of sp³-hybridized carbons (Fsp3) is 0.294. The summed E-state index contributed by atoms with van der Waals surface area (Å²) in [6.07, 6.45) is 0.905. The maximum absolute atomic E-state index is 12.3. The van der Waals surface area contributed by atoms with Gasteiger partial charge in [-0.1, -0.05) is 19.9 Å². The van der Waals surface area contributed by atoms with Crippen molar-refractivity contribution >= 4 is 17.2 Å². The molecule has 21 heavy (non-hydrogen) atoms. The van der Waals surface area contributed by atoms with Gasteiger partial charge in [-0.3, -0.25) is 4.79 Å². The molecule has 1 aromatic heterocycles. The van der Waals surface area contributed by atoms with Crippen molar-refractivity contribution in [3.05, 3.63) is 57.8 Å². The summed E-state index contributed by atoms with van der Waals surface area (Å²) in [6.45, 7) is 4.29. The molecule has 108 valence electrons. The first kappa shape index (κ1) is 15.3. The van der Waals surface area contributed by atoms with Gasteiger partial charge in [0.1, 0.15) is 0 Å². The van der Waals surface area contributed by atoms with Gasteiger partial charge < -0.3 is 5.32 Å². The lowest BCUT2D eigenvalue weighted by molar-refractivity contribution is 0.0933. The Labute approximate surface area is 129 Å². The third kappa shape index (κ3) is 4.17. The highest BCUT2D eigenvalue weighted by Crippen LogP contribution is 2.25. The van der Waals surface area contributed by atoms with Crippen LogP contribution in [0.25, 0.3) is 0 Å². The van der Waals surface area contributed by atoms with E-state index in [1.807, 2.05) is 11.4 Å². The number of nitrogens with one attached hydrogen (secondary N) is 1. The van der Waals surface area contributed by atoms with Crippen molar-refractivity contribution in [1.29, 1.82) is 5.26 Å². The molecule has 1 N–H and O–H groups in total. The van der Waals surface area contributed by atoms with E-state index < -0.39 is 0 Å². The van der Waals surface area contributed by atoms with E-state index in [1.54, 1.807) is 35.6 Å². The van der Waals surface area contributed by atoms with E-state index in [1.165, 1.54) is 4.88 Å². The summed E-state index contributed by atoms with van der Waals surface area (Å²) in [5, 5.41) is 13.9. The molecule has 1 heterocycles. The van der Waals surface area contributed by atoms with Gasteiger partial charge in [0.2, 0.25) is 0 Å². The fourth-order valence-corrected chi connectivity index (χ4v) is 2.94. The van der Waals surface area contributed by atoms with E-state index in [4.69, 9.17) is 5.26 Å². The molecule has 0 unspecified atom stereocenters. The minimum absolute atomic E-state index is 0.0353. The van der Waals surface area contributed by atoms with E-state index in [-0.39, 0.29) is 11.9 Å². The number of amides is 1. The van der Waals surface area contributed by atoms with Crippen molar-refractivity contribution in [1.82, 2.24) is 5.32 Å². The zero-order chi connectivity index (χ0) is 15.2. The smallest absolute Gasteiger partial charge is 0.251 e. The summed E-state index contributed by atoms with van der Waals surface area (Å²) >= 11 is 1.66. The second-order valence-electron chi connectivity index (χ2n) is 5.36. The minimum atomic E-state index is -0.0986. The molecular weight excluding hydrogens is 280 g/mol. The number of nitriles is 1. The van der Waals surface area contributed by atoms with E-state index >= 15 is 0 Å². The minimum Gasteiger partial charge on any atom is -0.344 e. The second-order valence-corrected chi connectivity index (χ2v) is 6.34. The van der Waals surface area contributed by atoms with Gasteiger partial charge in [0.15, 0.2) is 0 Å². The van der Waals surface area contributed by atoms with Crippen LogP contribution in [0.4, 0.5) is 0 Å².